The lowest BCUT2D eigenvalue weighted by Crippen LogP contribution is -2.18. The summed E-state index contributed by atoms with van der Waals surface area (Å²) in [5.74, 6) is 1.32. The molecule has 1 aliphatic heterocycles. The molecule has 0 fully saturated rings. The number of fused-ring (bicyclic) bond motifs is 1. The van der Waals surface area contributed by atoms with Crippen LogP contribution in [0.1, 0.15) is 19.4 Å². The zero-order valence-electron chi connectivity index (χ0n) is 14.4. The third kappa shape index (κ3) is 4.10. The first-order valence-corrected chi connectivity index (χ1v) is 8.35. The van der Waals surface area contributed by atoms with Crippen molar-refractivity contribution in [1.82, 2.24) is 0 Å². The molecule has 1 heterocycles. The van der Waals surface area contributed by atoms with Crippen LogP contribution in [0.5, 0.6) is 11.5 Å². The predicted octanol–water partition coefficient (Wildman–Crippen LogP) is 4.44. The minimum Gasteiger partial charge on any atom is -0.492 e. The summed E-state index contributed by atoms with van der Waals surface area (Å²) in [6, 6.07) is 15.2. The maximum atomic E-state index is 12.2. The lowest BCUT2D eigenvalue weighted by atomic mass is 10.0. The van der Waals surface area contributed by atoms with Gasteiger partial charge in [-0.1, -0.05) is 30.3 Å². The summed E-state index contributed by atoms with van der Waals surface area (Å²) >= 11 is 0. The fourth-order valence-electron chi connectivity index (χ4n) is 2.64. The van der Waals surface area contributed by atoms with Gasteiger partial charge in [0.2, 0.25) is 5.91 Å². The van der Waals surface area contributed by atoms with Crippen LogP contribution in [0, 0.1) is 0 Å². The summed E-state index contributed by atoms with van der Waals surface area (Å²) in [6.45, 7) is 4.42. The van der Waals surface area contributed by atoms with Crippen LogP contribution in [0.3, 0.4) is 0 Å². The van der Waals surface area contributed by atoms with Gasteiger partial charge in [0.05, 0.1) is 12.3 Å². The van der Waals surface area contributed by atoms with Crippen LogP contribution < -0.4 is 14.8 Å². The fraction of sp³-hybridized carbons (Fsp3) is 0.190. The standard InChI is InChI=1S/C21H21NO3/c1-3-24-20-11-7-5-9-18(20)22-21(23)13-12-16-14-17-8-4-6-10-19(17)25-15(16)2/h4-15H,3H2,1-2H3,(H,22,23)/b13-12+. The normalized spacial score (nSPS) is 15.9. The fourth-order valence-corrected chi connectivity index (χ4v) is 2.64. The summed E-state index contributed by atoms with van der Waals surface area (Å²) in [7, 11) is 0. The lowest BCUT2D eigenvalue weighted by molar-refractivity contribution is -0.111. The van der Waals surface area contributed by atoms with Gasteiger partial charge in [-0.2, -0.15) is 0 Å². The van der Waals surface area contributed by atoms with Gasteiger partial charge in [-0.25, -0.2) is 0 Å². The van der Waals surface area contributed by atoms with Gasteiger partial charge >= 0.3 is 0 Å². The number of amides is 1. The van der Waals surface area contributed by atoms with Gasteiger partial charge in [0.25, 0.3) is 0 Å². The van der Waals surface area contributed by atoms with Crippen molar-refractivity contribution < 1.29 is 14.3 Å². The molecule has 0 spiro atoms. The number of anilines is 1. The van der Waals surface area contributed by atoms with Crippen LogP contribution in [0.25, 0.3) is 6.08 Å². The maximum absolute atomic E-state index is 12.2. The molecule has 1 atom stereocenters. The molecule has 4 heteroatoms. The number of ether oxygens (including phenoxy) is 2. The summed E-state index contributed by atoms with van der Waals surface area (Å²) < 4.78 is 11.4. The molecule has 1 amide bonds. The molecule has 0 aliphatic carbocycles. The summed E-state index contributed by atoms with van der Waals surface area (Å²) in [4.78, 5) is 12.2. The van der Waals surface area contributed by atoms with Crippen molar-refractivity contribution >= 4 is 17.7 Å². The Balaban J connectivity index is 1.72. The van der Waals surface area contributed by atoms with E-state index in [9.17, 15) is 4.79 Å². The number of nitrogens with one attached hydrogen (secondary N) is 1. The summed E-state index contributed by atoms with van der Waals surface area (Å²) in [6.07, 6.45) is 5.25. The van der Waals surface area contributed by atoms with Gasteiger partial charge in [-0.15, -0.1) is 0 Å². The number of hydrogen-bond acceptors (Lipinski definition) is 3. The molecule has 128 valence electrons. The Labute approximate surface area is 147 Å². The van der Waals surface area contributed by atoms with Crippen molar-refractivity contribution in [1.29, 1.82) is 0 Å². The first-order chi connectivity index (χ1) is 12.2. The van der Waals surface area contributed by atoms with Crippen LogP contribution in [-0.2, 0) is 4.79 Å². The quantitative estimate of drug-likeness (QED) is 0.822. The second kappa shape index (κ2) is 7.71. The number of benzene rings is 2. The topological polar surface area (TPSA) is 47.6 Å². The SMILES string of the molecule is CCOc1ccccc1NC(=O)/C=C/C1=Cc2ccccc2OC1C. The van der Waals surface area contributed by atoms with E-state index in [4.69, 9.17) is 9.47 Å². The van der Waals surface area contributed by atoms with Gasteiger partial charge in [0.1, 0.15) is 17.6 Å². The lowest BCUT2D eigenvalue weighted by Gasteiger charge is -2.22. The highest BCUT2D eigenvalue weighted by Crippen LogP contribution is 2.29. The van der Waals surface area contributed by atoms with E-state index >= 15 is 0 Å². The molecule has 1 aliphatic rings. The van der Waals surface area contributed by atoms with Crippen molar-refractivity contribution in [3.63, 3.8) is 0 Å². The highest BCUT2D eigenvalue weighted by atomic mass is 16.5. The highest BCUT2D eigenvalue weighted by molar-refractivity contribution is 6.00. The van der Waals surface area contributed by atoms with E-state index in [1.165, 1.54) is 6.08 Å². The third-order valence-corrected chi connectivity index (χ3v) is 3.89. The molecular formula is C21H21NO3. The van der Waals surface area contributed by atoms with E-state index in [1.54, 1.807) is 6.08 Å². The Morgan fingerprint density at radius 1 is 1.20 bits per heavy atom. The van der Waals surface area contributed by atoms with Crippen molar-refractivity contribution in [2.24, 2.45) is 0 Å². The first-order valence-electron chi connectivity index (χ1n) is 8.35. The Morgan fingerprint density at radius 3 is 2.80 bits per heavy atom. The smallest absolute Gasteiger partial charge is 0.248 e. The Kier molecular flexibility index (Phi) is 5.19. The molecule has 1 N–H and O–H groups in total. The molecule has 1 unspecified atom stereocenters. The molecule has 2 aromatic carbocycles. The number of carbonyl (C=O) groups excluding carboxylic acids is 1. The van der Waals surface area contributed by atoms with Gasteiger partial charge in [0, 0.05) is 11.6 Å². The number of para-hydroxylation sites is 3. The van der Waals surface area contributed by atoms with Crippen LogP contribution in [0.2, 0.25) is 0 Å². The van der Waals surface area contributed by atoms with Gasteiger partial charge < -0.3 is 14.8 Å². The number of carbonyl (C=O) groups is 1. The van der Waals surface area contributed by atoms with Crippen molar-refractivity contribution in [3.8, 4) is 11.5 Å². The zero-order valence-corrected chi connectivity index (χ0v) is 14.4. The monoisotopic (exact) mass is 335 g/mol. The highest BCUT2D eigenvalue weighted by Gasteiger charge is 2.16. The first kappa shape index (κ1) is 16.8. The molecule has 3 rings (SSSR count). The largest absolute Gasteiger partial charge is 0.492 e. The molecule has 0 radical (unpaired) electrons. The predicted molar refractivity (Wildman–Crippen MR) is 99.9 cm³/mol. The van der Waals surface area contributed by atoms with Crippen molar-refractivity contribution in [2.45, 2.75) is 20.0 Å². The molecule has 4 nitrogen and oxygen atoms in total. The second-order valence-corrected chi connectivity index (χ2v) is 5.69. The third-order valence-electron chi connectivity index (χ3n) is 3.89. The maximum Gasteiger partial charge on any atom is 0.248 e. The molecule has 0 bridgehead atoms. The van der Waals surface area contributed by atoms with Crippen molar-refractivity contribution in [3.05, 3.63) is 71.8 Å². The molecule has 2 aromatic rings. The van der Waals surface area contributed by atoms with Crippen molar-refractivity contribution in [2.75, 3.05) is 11.9 Å². The molecular weight excluding hydrogens is 314 g/mol. The zero-order chi connectivity index (χ0) is 17.6. The molecule has 0 saturated heterocycles. The van der Waals surface area contributed by atoms with E-state index in [0.717, 1.165) is 16.9 Å². The van der Waals surface area contributed by atoms with E-state index in [0.29, 0.717) is 18.0 Å². The second-order valence-electron chi connectivity index (χ2n) is 5.69. The Bertz CT molecular complexity index is 823. The van der Waals surface area contributed by atoms with E-state index in [2.05, 4.69) is 5.32 Å². The van der Waals surface area contributed by atoms with Gasteiger partial charge in [-0.3, -0.25) is 4.79 Å². The minimum atomic E-state index is -0.209. The molecule has 25 heavy (non-hydrogen) atoms. The van der Waals surface area contributed by atoms with E-state index < -0.39 is 0 Å². The average molecular weight is 335 g/mol. The number of rotatable bonds is 5. The Hall–Kier alpha value is -3.01. The summed E-state index contributed by atoms with van der Waals surface area (Å²) in [5.41, 5.74) is 2.63. The van der Waals surface area contributed by atoms with Crippen LogP contribution in [0.4, 0.5) is 5.69 Å². The average Bonchev–Trinajstić information content (AvgIpc) is 2.62. The molecule has 0 saturated carbocycles. The Morgan fingerprint density at radius 2 is 1.96 bits per heavy atom. The van der Waals surface area contributed by atoms with Gasteiger partial charge in [0.15, 0.2) is 0 Å². The number of hydrogen-bond donors (Lipinski definition) is 1. The van der Waals surface area contributed by atoms with E-state index in [1.807, 2.05) is 68.5 Å². The minimum absolute atomic E-state index is 0.102. The van der Waals surface area contributed by atoms with Crippen LogP contribution >= 0.6 is 0 Å². The molecule has 0 aromatic heterocycles. The van der Waals surface area contributed by atoms with Crippen LogP contribution in [0.15, 0.2) is 66.3 Å². The van der Waals surface area contributed by atoms with E-state index in [-0.39, 0.29) is 12.0 Å². The van der Waals surface area contributed by atoms with Gasteiger partial charge in [-0.05, 0) is 49.8 Å². The van der Waals surface area contributed by atoms with Crippen LogP contribution in [-0.4, -0.2) is 18.6 Å². The summed E-state index contributed by atoms with van der Waals surface area (Å²) in [5, 5.41) is 2.85.